The molecule has 0 heterocycles. The fraction of sp³-hybridized carbons (Fsp3) is 0.500. The van der Waals surface area contributed by atoms with Crippen LogP contribution in [-0.2, 0) is 9.84 Å². The Hall–Kier alpha value is -0.580. The van der Waals surface area contributed by atoms with Crippen LogP contribution in [0.1, 0.15) is 30.9 Å². The largest absolute Gasteiger partial charge is 0.324 e. The Morgan fingerprint density at radius 1 is 1.24 bits per heavy atom. The van der Waals surface area contributed by atoms with E-state index in [-0.39, 0.29) is 18.4 Å². The van der Waals surface area contributed by atoms with Crippen LogP contribution in [0.5, 0.6) is 0 Å². The highest BCUT2D eigenvalue weighted by atomic mass is 35.5. The molecule has 0 unspecified atom stereocenters. The van der Waals surface area contributed by atoms with Gasteiger partial charge in [0, 0.05) is 12.3 Å². The first kappa shape index (κ1) is 14.5. The number of rotatable bonds is 3. The van der Waals surface area contributed by atoms with Gasteiger partial charge in [-0.3, -0.25) is 0 Å². The van der Waals surface area contributed by atoms with Crippen LogP contribution < -0.4 is 5.73 Å². The zero-order chi connectivity index (χ0) is 11.8. The Kier molecular flexibility index (Phi) is 4.58. The summed E-state index contributed by atoms with van der Waals surface area (Å²) in [6, 6.07) is 7.01. The first-order chi connectivity index (χ1) is 7.48. The quantitative estimate of drug-likeness (QED) is 0.921. The molecule has 0 spiro atoms. The molecular weight excluding hydrogens is 258 g/mol. The third-order valence-corrected chi connectivity index (χ3v) is 4.48. The van der Waals surface area contributed by atoms with Gasteiger partial charge in [-0.25, -0.2) is 8.42 Å². The topological polar surface area (TPSA) is 60.2 Å². The molecule has 5 heteroatoms. The molecule has 0 aliphatic heterocycles. The Balaban J connectivity index is 0.00000144. The number of nitrogens with two attached hydrogens (primary N) is 1. The number of hydrogen-bond donors (Lipinski definition) is 1. The summed E-state index contributed by atoms with van der Waals surface area (Å²) in [5.74, 6) is 0.573. The summed E-state index contributed by atoms with van der Waals surface area (Å²) in [6.07, 6.45) is 4.86. The molecule has 96 valence electrons. The van der Waals surface area contributed by atoms with E-state index in [1.807, 2.05) is 12.1 Å². The van der Waals surface area contributed by atoms with Crippen LogP contribution in [-0.4, -0.2) is 14.7 Å². The monoisotopic (exact) mass is 275 g/mol. The smallest absolute Gasteiger partial charge is 0.175 e. The lowest BCUT2D eigenvalue weighted by atomic mass is 9.78. The highest BCUT2D eigenvalue weighted by Gasteiger charge is 2.25. The SMILES string of the molecule is CS(=O)(=O)c1ccc([C@H](N)C2CCC2)cc1.Cl. The summed E-state index contributed by atoms with van der Waals surface area (Å²) >= 11 is 0. The van der Waals surface area contributed by atoms with Gasteiger partial charge in [0.25, 0.3) is 0 Å². The highest BCUT2D eigenvalue weighted by Crippen LogP contribution is 2.36. The van der Waals surface area contributed by atoms with E-state index >= 15 is 0 Å². The summed E-state index contributed by atoms with van der Waals surface area (Å²) in [4.78, 5) is 0.358. The molecule has 0 radical (unpaired) electrons. The molecule has 3 nitrogen and oxygen atoms in total. The molecule has 1 aromatic rings. The lowest BCUT2D eigenvalue weighted by Crippen LogP contribution is -2.26. The van der Waals surface area contributed by atoms with Crippen LogP contribution in [0.4, 0.5) is 0 Å². The van der Waals surface area contributed by atoms with Crippen LogP contribution in [0, 0.1) is 5.92 Å². The van der Waals surface area contributed by atoms with E-state index in [1.165, 1.54) is 25.5 Å². The number of benzene rings is 1. The Bertz CT molecular complexity index is 466. The highest BCUT2D eigenvalue weighted by molar-refractivity contribution is 7.90. The maximum atomic E-state index is 11.3. The normalized spacial score (nSPS) is 18.0. The van der Waals surface area contributed by atoms with Crippen molar-refractivity contribution < 1.29 is 8.42 Å². The van der Waals surface area contributed by atoms with Crippen molar-refractivity contribution in [3.8, 4) is 0 Å². The van der Waals surface area contributed by atoms with Crippen molar-refractivity contribution in [2.75, 3.05) is 6.26 Å². The van der Waals surface area contributed by atoms with Crippen LogP contribution in [0.2, 0.25) is 0 Å². The van der Waals surface area contributed by atoms with Crippen molar-refractivity contribution in [1.29, 1.82) is 0 Å². The third kappa shape index (κ3) is 3.21. The maximum absolute atomic E-state index is 11.3. The van der Waals surface area contributed by atoms with Crippen LogP contribution in [0.25, 0.3) is 0 Å². The summed E-state index contributed by atoms with van der Waals surface area (Å²) in [5, 5.41) is 0. The van der Waals surface area contributed by atoms with Crippen molar-refractivity contribution in [3.63, 3.8) is 0 Å². The standard InChI is InChI=1S/C12H17NO2S.ClH/c1-16(14,15)11-7-5-10(6-8-11)12(13)9-3-2-4-9;/h5-9,12H,2-4,13H2,1H3;1H/t12-;/m1./s1. The Morgan fingerprint density at radius 2 is 1.76 bits per heavy atom. The molecule has 17 heavy (non-hydrogen) atoms. The third-order valence-electron chi connectivity index (χ3n) is 3.35. The first-order valence-corrected chi connectivity index (χ1v) is 7.43. The average Bonchev–Trinajstić information content (AvgIpc) is 2.14. The van der Waals surface area contributed by atoms with Gasteiger partial charge in [0.1, 0.15) is 0 Å². The van der Waals surface area contributed by atoms with Gasteiger partial charge in [0.15, 0.2) is 9.84 Å². The minimum Gasteiger partial charge on any atom is -0.324 e. The van der Waals surface area contributed by atoms with E-state index in [0.717, 1.165) is 5.56 Å². The molecule has 0 aromatic heterocycles. The summed E-state index contributed by atoms with van der Waals surface area (Å²) in [7, 11) is -3.10. The molecule has 1 atom stereocenters. The van der Waals surface area contributed by atoms with Crippen LogP contribution in [0.3, 0.4) is 0 Å². The Labute approximate surface area is 109 Å². The van der Waals surface area contributed by atoms with Crippen molar-refractivity contribution in [2.24, 2.45) is 11.7 Å². The van der Waals surface area contributed by atoms with E-state index in [4.69, 9.17) is 5.73 Å². The molecule has 2 rings (SSSR count). The summed E-state index contributed by atoms with van der Waals surface area (Å²) < 4.78 is 22.6. The van der Waals surface area contributed by atoms with Crippen molar-refractivity contribution in [3.05, 3.63) is 29.8 Å². The predicted octanol–water partition coefficient (Wildman–Crippen LogP) is 2.31. The van der Waals surface area contributed by atoms with E-state index in [1.54, 1.807) is 12.1 Å². The molecule has 1 fully saturated rings. The van der Waals surface area contributed by atoms with Gasteiger partial charge in [0.05, 0.1) is 4.90 Å². The predicted molar refractivity (Wildman–Crippen MR) is 71.1 cm³/mol. The zero-order valence-electron chi connectivity index (χ0n) is 9.80. The average molecular weight is 276 g/mol. The molecule has 1 aliphatic rings. The second kappa shape index (κ2) is 5.38. The van der Waals surface area contributed by atoms with E-state index in [2.05, 4.69) is 0 Å². The van der Waals surface area contributed by atoms with Gasteiger partial charge >= 0.3 is 0 Å². The molecule has 1 saturated carbocycles. The zero-order valence-corrected chi connectivity index (χ0v) is 11.4. The summed E-state index contributed by atoms with van der Waals surface area (Å²) in [6.45, 7) is 0. The van der Waals surface area contributed by atoms with Crippen LogP contribution >= 0.6 is 12.4 Å². The van der Waals surface area contributed by atoms with Gasteiger partial charge in [-0.2, -0.15) is 0 Å². The minimum atomic E-state index is -3.10. The second-order valence-electron chi connectivity index (χ2n) is 4.56. The van der Waals surface area contributed by atoms with Crippen LogP contribution in [0.15, 0.2) is 29.2 Å². The van der Waals surface area contributed by atoms with Crippen molar-refractivity contribution in [1.82, 2.24) is 0 Å². The molecule has 0 saturated heterocycles. The van der Waals surface area contributed by atoms with Crippen molar-refractivity contribution >= 4 is 22.2 Å². The fourth-order valence-electron chi connectivity index (χ4n) is 2.01. The second-order valence-corrected chi connectivity index (χ2v) is 6.57. The fourth-order valence-corrected chi connectivity index (χ4v) is 2.64. The van der Waals surface area contributed by atoms with Crippen molar-refractivity contribution in [2.45, 2.75) is 30.2 Å². The molecular formula is C12H18ClNO2S. The number of hydrogen-bond acceptors (Lipinski definition) is 3. The minimum absolute atomic E-state index is 0. The summed E-state index contributed by atoms with van der Waals surface area (Å²) in [5.41, 5.74) is 7.15. The number of halogens is 1. The van der Waals surface area contributed by atoms with Gasteiger partial charge in [-0.1, -0.05) is 18.6 Å². The molecule has 0 amide bonds. The lowest BCUT2D eigenvalue weighted by Gasteiger charge is -2.31. The first-order valence-electron chi connectivity index (χ1n) is 5.54. The Morgan fingerprint density at radius 3 is 2.12 bits per heavy atom. The van der Waals surface area contributed by atoms with Gasteiger partial charge in [-0.15, -0.1) is 12.4 Å². The van der Waals surface area contributed by atoms with E-state index < -0.39 is 9.84 Å². The van der Waals surface area contributed by atoms with Gasteiger partial charge in [-0.05, 0) is 36.5 Å². The maximum Gasteiger partial charge on any atom is 0.175 e. The van der Waals surface area contributed by atoms with E-state index in [9.17, 15) is 8.42 Å². The molecule has 1 aliphatic carbocycles. The molecule has 0 bridgehead atoms. The van der Waals surface area contributed by atoms with E-state index in [0.29, 0.717) is 10.8 Å². The van der Waals surface area contributed by atoms with Gasteiger partial charge < -0.3 is 5.73 Å². The molecule has 1 aromatic carbocycles. The molecule has 2 N–H and O–H groups in total. The number of sulfone groups is 1. The lowest BCUT2D eigenvalue weighted by molar-refractivity contribution is 0.264. The van der Waals surface area contributed by atoms with Gasteiger partial charge in [0.2, 0.25) is 0 Å².